The van der Waals surface area contributed by atoms with Gasteiger partial charge in [-0.25, -0.2) is 9.97 Å². The first-order valence-corrected chi connectivity index (χ1v) is 15.7. The first kappa shape index (κ1) is 29.1. The molecule has 1 saturated carbocycles. The van der Waals surface area contributed by atoms with Crippen molar-refractivity contribution in [3.8, 4) is 11.3 Å². The molecule has 0 bridgehead atoms. The zero-order valence-electron chi connectivity index (χ0n) is 25.3. The summed E-state index contributed by atoms with van der Waals surface area (Å²) in [5.41, 5.74) is 3.24. The van der Waals surface area contributed by atoms with E-state index in [1.54, 1.807) is 18.2 Å². The third-order valence-corrected chi connectivity index (χ3v) is 9.47. The number of aromatic nitrogens is 4. The second-order valence-corrected chi connectivity index (χ2v) is 12.5. The van der Waals surface area contributed by atoms with E-state index in [1.807, 2.05) is 18.5 Å². The SMILES string of the molecule is CN1CCN(c2nccc(-c3cnn(C4CC(CCCNc5ccc6c(c5)C(=O)N(C5CCC(=O)NC5=O)C6=O)C4)c3)n2)CC1. The normalized spacial score (nSPS) is 23.6. The predicted molar refractivity (Wildman–Crippen MR) is 166 cm³/mol. The Labute approximate surface area is 261 Å². The number of likely N-dealkylation sites (N-methyl/N-ethyl adjacent to an activating group) is 1. The molecule has 1 atom stereocenters. The van der Waals surface area contributed by atoms with E-state index in [2.05, 4.69) is 48.4 Å². The minimum Gasteiger partial charge on any atom is -0.385 e. The minimum absolute atomic E-state index is 0.0998. The van der Waals surface area contributed by atoms with Gasteiger partial charge in [0.15, 0.2) is 0 Å². The number of nitrogens with one attached hydrogen (secondary N) is 2. The Morgan fingerprint density at radius 1 is 1.00 bits per heavy atom. The lowest BCUT2D eigenvalue weighted by molar-refractivity contribution is -0.136. The fourth-order valence-corrected chi connectivity index (χ4v) is 6.69. The predicted octanol–water partition coefficient (Wildman–Crippen LogP) is 2.34. The average molecular weight is 612 g/mol. The van der Waals surface area contributed by atoms with Crippen molar-refractivity contribution in [2.75, 3.05) is 50.0 Å². The van der Waals surface area contributed by atoms with Crippen molar-refractivity contribution in [3.05, 3.63) is 54.0 Å². The zero-order valence-corrected chi connectivity index (χ0v) is 25.3. The lowest BCUT2D eigenvalue weighted by Gasteiger charge is -2.35. The van der Waals surface area contributed by atoms with Crippen molar-refractivity contribution in [1.29, 1.82) is 0 Å². The van der Waals surface area contributed by atoms with Crippen LogP contribution in [0.3, 0.4) is 0 Å². The second-order valence-electron chi connectivity index (χ2n) is 12.5. The van der Waals surface area contributed by atoms with Gasteiger partial charge in [0.2, 0.25) is 17.8 Å². The van der Waals surface area contributed by atoms with Crippen molar-refractivity contribution < 1.29 is 19.2 Å². The topological polar surface area (TPSA) is 146 Å². The average Bonchev–Trinajstić information content (AvgIpc) is 3.59. The molecule has 1 unspecified atom stereocenters. The van der Waals surface area contributed by atoms with Gasteiger partial charge in [-0.2, -0.15) is 5.10 Å². The van der Waals surface area contributed by atoms with Gasteiger partial charge >= 0.3 is 0 Å². The van der Waals surface area contributed by atoms with E-state index in [0.717, 1.165) is 86.2 Å². The van der Waals surface area contributed by atoms with Crippen molar-refractivity contribution in [1.82, 2.24) is 34.9 Å². The highest BCUT2D eigenvalue weighted by atomic mass is 16.2. The summed E-state index contributed by atoms with van der Waals surface area (Å²) in [4.78, 5) is 64.6. The number of imide groups is 2. The number of amides is 4. The van der Waals surface area contributed by atoms with Crippen LogP contribution < -0.4 is 15.5 Å². The smallest absolute Gasteiger partial charge is 0.262 e. The van der Waals surface area contributed by atoms with E-state index < -0.39 is 23.8 Å². The largest absolute Gasteiger partial charge is 0.385 e. The van der Waals surface area contributed by atoms with E-state index in [0.29, 0.717) is 12.0 Å². The van der Waals surface area contributed by atoms with Crippen LogP contribution in [0.15, 0.2) is 42.9 Å². The minimum atomic E-state index is -0.960. The summed E-state index contributed by atoms with van der Waals surface area (Å²) in [7, 11) is 2.14. The third kappa shape index (κ3) is 5.79. The molecule has 3 aliphatic heterocycles. The maximum absolute atomic E-state index is 13.1. The number of fused-ring (bicyclic) bond motifs is 1. The molecule has 5 heterocycles. The Kier molecular flexibility index (Phi) is 7.78. The number of hydrogen-bond donors (Lipinski definition) is 2. The highest BCUT2D eigenvalue weighted by Gasteiger charge is 2.44. The monoisotopic (exact) mass is 611 g/mol. The number of carbonyl (C=O) groups excluding carboxylic acids is 4. The summed E-state index contributed by atoms with van der Waals surface area (Å²) in [5.74, 6) is -0.570. The number of benzene rings is 1. The van der Waals surface area contributed by atoms with Crippen molar-refractivity contribution >= 4 is 35.3 Å². The van der Waals surface area contributed by atoms with Crippen LogP contribution in [0.4, 0.5) is 11.6 Å². The molecule has 4 aliphatic rings. The van der Waals surface area contributed by atoms with Gasteiger partial charge in [0, 0.05) is 62.8 Å². The molecule has 1 aliphatic carbocycles. The lowest BCUT2D eigenvalue weighted by Crippen LogP contribution is -2.54. The van der Waals surface area contributed by atoms with Crippen LogP contribution in [0, 0.1) is 5.92 Å². The maximum Gasteiger partial charge on any atom is 0.262 e. The third-order valence-electron chi connectivity index (χ3n) is 9.47. The van der Waals surface area contributed by atoms with Crippen LogP contribution in [0.2, 0.25) is 0 Å². The Balaban J connectivity index is 0.871. The van der Waals surface area contributed by atoms with Crippen LogP contribution in [0.1, 0.15) is 65.3 Å². The van der Waals surface area contributed by atoms with Gasteiger partial charge in [-0.3, -0.25) is 34.1 Å². The fraction of sp³-hybridized carbons (Fsp3) is 0.469. The van der Waals surface area contributed by atoms with Gasteiger partial charge < -0.3 is 15.1 Å². The zero-order chi connectivity index (χ0) is 31.1. The molecular formula is C32H37N9O4. The molecule has 0 radical (unpaired) electrons. The number of piperazine rings is 1. The summed E-state index contributed by atoms with van der Waals surface area (Å²) in [5, 5.41) is 10.3. The highest BCUT2D eigenvalue weighted by molar-refractivity contribution is 6.23. The number of nitrogens with zero attached hydrogens (tertiary/aromatic N) is 7. The summed E-state index contributed by atoms with van der Waals surface area (Å²) in [6, 6.07) is 6.48. The van der Waals surface area contributed by atoms with Gasteiger partial charge in [-0.1, -0.05) is 0 Å². The van der Waals surface area contributed by atoms with Gasteiger partial charge in [0.1, 0.15) is 6.04 Å². The Bertz CT molecular complexity index is 1640. The molecule has 2 N–H and O–H groups in total. The maximum atomic E-state index is 13.1. The molecule has 2 saturated heterocycles. The van der Waals surface area contributed by atoms with Gasteiger partial charge in [0.25, 0.3) is 11.8 Å². The standard InChI is InChI=1S/C32H37N9O4/c1-38-11-13-39(14-12-38)32-34-10-8-26(36-32)21-18-35-40(19-21)23-15-20(16-23)3-2-9-33-22-4-5-24-25(17-22)31(45)41(30(24)44)27-6-7-28(42)37-29(27)43/h4-5,8,10,17-20,23,27,33H,2-3,6-7,9,11-16H2,1H3,(H,37,42,43). The van der Waals surface area contributed by atoms with E-state index in [1.165, 1.54) is 0 Å². The Hall–Kier alpha value is -4.65. The number of carbonyl (C=O) groups is 4. The first-order valence-electron chi connectivity index (χ1n) is 15.7. The van der Waals surface area contributed by atoms with Crippen LogP contribution in [0.5, 0.6) is 0 Å². The Morgan fingerprint density at radius 2 is 1.80 bits per heavy atom. The molecule has 234 valence electrons. The molecule has 13 heteroatoms. The van der Waals surface area contributed by atoms with Crippen molar-refractivity contribution in [2.24, 2.45) is 5.92 Å². The van der Waals surface area contributed by atoms with Gasteiger partial charge in [-0.15, -0.1) is 0 Å². The lowest BCUT2D eigenvalue weighted by atomic mass is 9.77. The fourth-order valence-electron chi connectivity index (χ4n) is 6.69. The van der Waals surface area contributed by atoms with Crippen LogP contribution >= 0.6 is 0 Å². The highest BCUT2D eigenvalue weighted by Crippen LogP contribution is 2.40. The first-order chi connectivity index (χ1) is 21.8. The molecule has 3 aromatic rings. The van der Waals surface area contributed by atoms with Gasteiger partial charge in [0.05, 0.1) is 29.1 Å². The second kappa shape index (κ2) is 12.0. The van der Waals surface area contributed by atoms with Gasteiger partial charge in [-0.05, 0) is 69.3 Å². The Morgan fingerprint density at radius 3 is 2.60 bits per heavy atom. The summed E-state index contributed by atoms with van der Waals surface area (Å²) in [6.45, 7) is 4.62. The van der Waals surface area contributed by atoms with Crippen LogP contribution in [-0.2, 0) is 9.59 Å². The molecule has 3 fully saturated rings. The summed E-state index contributed by atoms with van der Waals surface area (Å²) in [6.07, 6.45) is 10.3. The molecule has 45 heavy (non-hydrogen) atoms. The number of rotatable bonds is 9. The quantitative estimate of drug-likeness (QED) is 0.273. The van der Waals surface area contributed by atoms with E-state index in [4.69, 9.17) is 4.98 Å². The summed E-state index contributed by atoms with van der Waals surface area (Å²) >= 11 is 0. The number of hydrogen-bond acceptors (Lipinski definition) is 10. The molecule has 13 nitrogen and oxygen atoms in total. The van der Waals surface area contributed by atoms with E-state index in [9.17, 15) is 19.2 Å². The van der Waals surface area contributed by atoms with Crippen molar-refractivity contribution in [2.45, 2.75) is 50.6 Å². The van der Waals surface area contributed by atoms with Crippen LogP contribution in [-0.4, -0.2) is 99.0 Å². The van der Waals surface area contributed by atoms with Crippen molar-refractivity contribution in [3.63, 3.8) is 0 Å². The molecule has 4 amide bonds. The van der Waals surface area contributed by atoms with E-state index in [-0.39, 0.29) is 29.9 Å². The number of anilines is 2. The molecule has 7 rings (SSSR count). The number of piperidine rings is 1. The molecule has 0 spiro atoms. The molecular weight excluding hydrogens is 574 g/mol. The summed E-state index contributed by atoms with van der Waals surface area (Å²) < 4.78 is 2.07. The molecule has 1 aromatic carbocycles. The van der Waals surface area contributed by atoms with Crippen LogP contribution in [0.25, 0.3) is 11.3 Å². The molecule has 2 aromatic heterocycles. The van der Waals surface area contributed by atoms with E-state index >= 15 is 0 Å².